The monoisotopic (exact) mass is 442 g/mol. The molecule has 0 aliphatic rings. The van der Waals surface area contributed by atoms with E-state index in [0.717, 1.165) is 27.6 Å². The van der Waals surface area contributed by atoms with Crippen molar-refractivity contribution in [1.82, 2.24) is 0 Å². The third-order valence-electron chi connectivity index (χ3n) is 5.40. The Morgan fingerprint density at radius 3 is 2.12 bits per heavy atom. The van der Waals surface area contributed by atoms with Crippen molar-refractivity contribution < 1.29 is 29.3 Å². The molecule has 4 rings (SSSR count). The van der Waals surface area contributed by atoms with Crippen molar-refractivity contribution in [1.29, 1.82) is 0 Å². The lowest BCUT2D eigenvalue weighted by Crippen LogP contribution is -2.05. The average Bonchev–Trinajstić information content (AvgIpc) is 2.83. The van der Waals surface area contributed by atoms with E-state index in [1.165, 1.54) is 12.1 Å². The van der Waals surface area contributed by atoms with E-state index in [1.54, 1.807) is 43.5 Å². The molecule has 6 heteroatoms. The van der Waals surface area contributed by atoms with Crippen LogP contribution in [0.4, 0.5) is 0 Å². The average molecular weight is 442 g/mol. The van der Waals surface area contributed by atoms with E-state index in [1.807, 2.05) is 30.3 Å². The quantitative estimate of drug-likeness (QED) is 0.382. The zero-order valence-corrected chi connectivity index (χ0v) is 17.9. The lowest BCUT2D eigenvalue weighted by atomic mass is 9.98. The maximum Gasteiger partial charge on any atom is 0.338 e. The number of benzene rings is 4. The number of rotatable bonds is 7. The summed E-state index contributed by atoms with van der Waals surface area (Å²) in [6.45, 7) is 0.147. The van der Waals surface area contributed by atoms with Gasteiger partial charge in [0, 0.05) is 6.42 Å². The Balaban J connectivity index is 1.51. The molecule has 0 fully saturated rings. The molecule has 0 saturated carbocycles. The van der Waals surface area contributed by atoms with Crippen LogP contribution in [0.1, 0.15) is 37.4 Å². The van der Waals surface area contributed by atoms with Gasteiger partial charge in [-0.15, -0.1) is 0 Å². The predicted molar refractivity (Wildman–Crippen MR) is 124 cm³/mol. The summed E-state index contributed by atoms with van der Waals surface area (Å²) < 4.78 is 10.6. The minimum absolute atomic E-state index is 0.139. The van der Waals surface area contributed by atoms with Crippen molar-refractivity contribution >= 4 is 22.7 Å². The first-order valence-corrected chi connectivity index (χ1v) is 10.3. The molecule has 0 amide bonds. The van der Waals surface area contributed by atoms with Crippen LogP contribution in [0, 0.1) is 0 Å². The fourth-order valence-electron chi connectivity index (χ4n) is 3.54. The molecule has 33 heavy (non-hydrogen) atoms. The zero-order chi connectivity index (χ0) is 23.4. The molecule has 0 radical (unpaired) electrons. The fourth-order valence-corrected chi connectivity index (χ4v) is 3.54. The second kappa shape index (κ2) is 9.44. The molecule has 0 bridgehead atoms. The molecule has 0 aromatic heterocycles. The van der Waals surface area contributed by atoms with Crippen LogP contribution in [0.2, 0.25) is 0 Å². The third-order valence-corrected chi connectivity index (χ3v) is 5.40. The first-order chi connectivity index (χ1) is 15.9. The molecule has 0 heterocycles. The minimum Gasteiger partial charge on any atom is -0.508 e. The first-order valence-electron chi connectivity index (χ1n) is 10.3. The summed E-state index contributed by atoms with van der Waals surface area (Å²) in [5, 5.41) is 21.1. The van der Waals surface area contributed by atoms with E-state index in [-0.39, 0.29) is 17.9 Å². The zero-order valence-electron chi connectivity index (χ0n) is 17.9. The number of aromatic carboxylic acids is 1. The Labute approximate surface area is 190 Å². The largest absolute Gasteiger partial charge is 0.508 e. The Bertz CT molecular complexity index is 1310. The van der Waals surface area contributed by atoms with E-state index in [4.69, 9.17) is 14.6 Å². The maximum absolute atomic E-state index is 12.6. The molecule has 0 spiro atoms. The van der Waals surface area contributed by atoms with Gasteiger partial charge in [0.2, 0.25) is 0 Å². The van der Waals surface area contributed by atoms with Gasteiger partial charge in [-0.2, -0.15) is 0 Å². The number of esters is 1. The lowest BCUT2D eigenvalue weighted by molar-refractivity contribution is 0.0472. The number of hydrogen-bond donors (Lipinski definition) is 2. The smallest absolute Gasteiger partial charge is 0.338 e. The highest BCUT2D eigenvalue weighted by Crippen LogP contribution is 2.28. The van der Waals surface area contributed by atoms with Crippen molar-refractivity contribution in [2.24, 2.45) is 0 Å². The molecule has 4 aromatic rings. The second-order valence-electron chi connectivity index (χ2n) is 7.65. The van der Waals surface area contributed by atoms with E-state index in [0.29, 0.717) is 17.5 Å². The Kier molecular flexibility index (Phi) is 6.26. The molecule has 4 aromatic carbocycles. The number of carboxylic acid groups (broad SMARTS) is 1. The summed E-state index contributed by atoms with van der Waals surface area (Å²) in [4.78, 5) is 23.6. The minimum atomic E-state index is -0.985. The van der Waals surface area contributed by atoms with Crippen molar-refractivity contribution in [2.75, 3.05) is 7.11 Å². The molecule has 0 aliphatic heterocycles. The van der Waals surface area contributed by atoms with Gasteiger partial charge in [0.1, 0.15) is 18.1 Å². The van der Waals surface area contributed by atoms with Gasteiger partial charge in [-0.05, 0) is 76.0 Å². The summed E-state index contributed by atoms with van der Waals surface area (Å²) in [7, 11) is 1.59. The van der Waals surface area contributed by atoms with Crippen LogP contribution < -0.4 is 4.74 Å². The highest BCUT2D eigenvalue weighted by Gasteiger charge is 2.11. The van der Waals surface area contributed by atoms with Crippen molar-refractivity contribution in [3.05, 3.63) is 107 Å². The Morgan fingerprint density at radius 1 is 0.788 bits per heavy atom. The predicted octanol–water partition coefficient (Wildman–Crippen LogP) is 5.20. The van der Waals surface area contributed by atoms with E-state index in [2.05, 4.69) is 0 Å². The molecule has 2 N–H and O–H groups in total. The van der Waals surface area contributed by atoms with Gasteiger partial charge in [0.05, 0.1) is 18.2 Å². The SMILES string of the molecule is COc1ccc(COC(=O)c2ccc3cc(O)c(Cc4ccc(C(=O)O)cc4)cc3c2)cc1. The van der Waals surface area contributed by atoms with Crippen LogP contribution >= 0.6 is 0 Å². The van der Waals surface area contributed by atoms with Gasteiger partial charge >= 0.3 is 11.9 Å². The summed E-state index contributed by atoms with van der Waals surface area (Å²) in [5.74, 6) is -0.552. The third kappa shape index (κ3) is 5.13. The molecular weight excluding hydrogens is 420 g/mol. The van der Waals surface area contributed by atoms with Crippen LogP contribution in [-0.4, -0.2) is 29.3 Å². The molecule has 6 nitrogen and oxygen atoms in total. The molecule has 0 aliphatic carbocycles. The van der Waals surface area contributed by atoms with Crippen molar-refractivity contribution in [3.8, 4) is 11.5 Å². The van der Waals surface area contributed by atoms with Crippen molar-refractivity contribution in [2.45, 2.75) is 13.0 Å². The van der Waals surface area contributed by atoms with Gasteiger partial charge in [0.25, 0.3) is 0 Å². The summed E-state index contributed by atoms with van der Waals surface area (Å²) in [5.41, 5.74) is 3.02. The van der Waals surface area contributed by atoms with Crippen LogP contribution in [0.3, 0.4) is 0 Å². The highest BCUT2D eigenvalue weighted by atomic mass is 16.5. The van der Waals surface area contributed by atoms with Crippen LogP contribution in [0.5, 0.6) is 11.5 Å². The second-order valence-corrected chi connectivity index (χ2v) is 7.65. The van der Waals surface area contributed by atoms with E-state index in [9.17, 15) is 14.7 Å². The number of aromatic hydroxyl groups is 1. The number of hydrogen-bond acceptors (Lipinski definition) is 5. The van der Waals surface area contributed by atoms with Crippen LogP contribution in [0.25, 0.3) is 10.8 Å². The molecule has 0 unspecified atom stereocenters. The molecular formula is C27H22O6. The summed E-state index contributed by atoms with van der Waals surface area (Å²) in [6, 6.07) is 22.5. The number of ether oxygens (including phenoxy) is 2. The number of carbonyl (C=O) groups excluding carboxylic acids is 1. The van der Waals surface area contributed by atoms with Gasteiger partial charge in [-0.3, -0.25) is 0 Å². The van der Waals surface area contributed by atoms with E-state index >= 15 is 0 Å². The number of methoxy groups -OCH3 is 1. The number of carboxylic acids is 1. The summed E-state index contributed by atoms with van der Waals surface area (Å²) >= 11 is 0. The fraction of sp³-hybridized carbons (Fsp3) is 0.111. The number of phenols is 1. The standard InChI is InChI=1S/C27H22O6/c1-32-24-10-4-18(5-11-24)16-33-27(31)21-9-8-20-15-25(28)23(14-22(20)13-21)12-17-2-6-19(7-3-17)26(29)30/h2-11,13-15,28H,12,16H2,1H3,(H,29,30). The molecule has 0 saturated heterocycles. The lowest BCUT2D eigenvalue weighted by Gasteiger charge is -2.10. The van der Waals surface area contributed by atoms with Crippen LogP contribution in [-0.2, 0) is 17.8 Å². The van der Waals surface area contributed by atoms with Gasteiger partial charge in [-0.1, -0.05) is 30.3 Å². The Morgan fingerprint density at radius 2 is 1.45 bits per heavy atom. The first kappa shape index (κ1) is 21.9. The summed E-state index contributed by atoms with van der Waals surface area (Å²) in [6.07, 6.45) is 0.424. The molecule has 166 valence electrons. The number of phenolic OH excluding ortho intramolecular Hbond substituents is 1. The topological polar surface area (TPSA) is 93.1 Å². The van der Waals surface area contributed by atoms with Gasteiger partial charge in [0.15, 0.2) is 0 Å². The van der Waals surface area contributed by atoms with Gasteiger partial charge < -0.3 is 19.7 Å². The van der Waals surface area contributed by atoms with E-state index < -0.39 is 11.9 Å². The van der Waals surface area contributed by atoms with Crippen LogP contribution in [0.15, 0.2) is 78.9 Å². The Hall–Kier alpha value is -4.32. The maximum atomic E-state index is 12.6. The number of fused-ring (bicyclic) bond motifs is 1. The van der Waals surface area contributed by atoms with Crippen molar-refractivity contribution in [3.63, 3.8) is 0 Å². The number of carbonyl (C=O) groups is 2. The van der Waals surface area contributed by atoms with Gasteiger partial charge in [-0.25, -0.2) is 9.59 Å². The highest BCUT2D eigenvalue weighted by molar-refractivity contribution is 5.96. The normalized spacial score (nSPS) is 10.7. The molecule has 0 atom stereocenters.